The van der Waals surface area contributed by atoms with Crippen LogP contribution in [0.25, 0.3) is 0 Å². The van der Waals surface area contributed by atoms with Gasteiger partial charge in [0.1, 0.15) is 5.82 Å². The Morgan fingerprint density at radius 1 is 1.38 bits per heavy atom. The summed E-state index contributed by atoms with van der Waals surface area (Å²) in [6.45, 7) is 2.87. The van der Waals surface area contributed by atoms with Crippen LogP contribution in [0.4, 0.5) is 4.39 Å². The molecule has 1 aromatic carbocycles. The van der Waals surface area contributed by atoms with Crippen molar-refractivity contribution < 1.29 is 18.7 Å². The van der Waals surface area contributed by atoms with Crippen molar-refractivity contribution in [1.29, 1.82) is 0 Å². The minimum absolute atomic E-state index is 0.0125. The zero-order valence-electron chi connectivity index (χ0n) is 12.0. The predicted molar refractivity (Wildman–Crippen MR) is 75.1 cm³/mol. The normalized spacial score (nSPS) is 18.4. The quantitative estimate of drug-likeness (QED) is 0.891. The third-order valence-corrected chi connectivity index (χ3v) is 3.36. The molecular formula is C15H19FN2O3. The van der Waals surface area contributed by atoms with E-state index in [1.807, 2.05) is 0 Å². The molecule has 0 radical (unpaired) electrons. The Morgan fingerprint density at radius 3 is 2.76 bits per heavy atom. The minimum atomic E-state index is -0.268. The highest BCUT2D eigenvalue weighted by molar-refractivity contribution is 5.83. The summed E-state index contributed by atoms with van der Waals surface area (Å²) in [5.74, 6) is -0.604. The van der Waals surface area contributed by atoms with Crippen molar-refractivity contribution in [2.45, 2.75) is 19.4 Å². The minimum Gasteiger partial charge on any atom is -0.374 e. The molecule has 1 heterocycles. The van der Waals surface area contributed by atoms with Crippen molar-refractivity contribution in [3.05, 3.63) is 35.6 Å². The fourth-order valence-electron chi connectivity index (χ4n) is 2.26. The Bertz CT molecular complexity index is 504. The second-order valence-electron chi connectivity index (χ2n) is 5.07. The number of ether oxygens (including phenoxy) is 1. The molecule has 1 atom stereocenters. The number of nitrogens with one attached hydrogen (secondary N) is 1. The summed E-state index contributed by atoms with van der Waals surface area (Å²) >= 11 is 0. The van der Waals surface area contributed by atoms with Gasteiger partial charge in [0, 0.05) is 26.4 Å². The molecule has 114 valence electrons. The molecule has 2 rings (SSSR count). The topological polar surface area (TPSA) is 58.6 Å². The van der Waals surface area contributed by atoms with Crippen LogP contribution in [0.5, 0.6) is 0 Å². The average Bonchev–Trinajstić information content (AvgIpc) is 2.47. The fourth-order valence-corrected chi connectivity index (χ4v) is 2.26. The van der Waals surface area contributed by atoms with Crippen molar-refractivity contribution in [1.82, 2.24) is 10.2 Å². The van der Waals surface area contributed by atoms with E-state index in [-0.39, 0.29) is 30.3 Å². The van der Waals surface area contributed by atoms with Gasteiger partial charge in [-0.05, 0) is 17.7 Å². The lowest BCUT2D eigenvalue weighted by atomic mass is 10.1. The number of hydrogen-bond donors (Lipinski definition) is 1. The molecule has 0 saturated carbocycles. The number of morpholine rings is 1. The average molecular weight is 294 g/mol. The molecule has 1 fully saturated rings. The largest absolute Gasteiger partial charge is 0.374 e. The van der Waals surface area contributed by atoms with Crippen LogP contribution in [-0.4, -0.2) is 49.1 Å². The first kappa shape index (κ1) is 15.4. The van der Waals surface area contributed by atoms with Gasteiger partial charge in [-0.2, -0.15) is 0 Å². The van der Waals surface area contributed by atoms with Crippen LogP contribution in [0, 0.1) is 5.82 Å². The van der Waals surface area contributed by atoms with E-state index in [4.69, 9.17) is 4.74 Å². The second kappa shape index (κ2) is 7.17. The van der Waals surface area contributed by atoms with Gasteiger partial charge in [-0.3, -0.25) is 9.59 Å². The Labute approximate surface area is 123 Å². The molecule has 0 spiro atoms. The van der Waals surface area contributed by atoms with Gasteiger partial charge in [0.2, 0.25) is 11.8 Å². The standard InChI is InChI=1S/C15H19FN2O3/c1-11(19)17-9-15(20)18-6-7-21-14(10-18)8-12-2-4-13(16)5-3-12/h2-5,14H,6-10H2,1H3,(H,17,19). The number of nitrogens with zero attached hydrogens (tertiary/aromatic N) is 1. The number of hydrogen-bond acceptors (Lipinski definition) is 3. The Hall–Kier alpha value is -1.95. The van der Waals surface area contributed by atoms with Gasteiger partial charge in [0.05, 0.1) is 19.3 Å². The van der Waals surface area contributed by atoms with Gasteiger partial charge >= 0.3 is 0 Å². The molecular weight excluding hydrogens is 275 g/mol. The van der Waals surface area contributed by atoms with Crippen LogP contribution >= 0.6 is 0 Å². The van der Waals surface area contributed by atoms with Crippen LogP contribution in [-0.2, 0) is 20.7 Å². The molecule has 21 heavy (non-hydrogen) atoms. The molecule has 1 saturated heterocycles. The fraction of sp³-hybridized carbons (Fsp3) is 0.467. The third-order valence-electron chi connectivity index (χ3n) is 3.36. The van der Waals surface area contributed by atoms with E-state index < -0.39 is 0 Å². The van der Waals surface area contributed by atoms with Gasteiger partial charge < -0.3 is 15.0 Å². The Kier molecular flexibility index (Phi) is 5.27. The van der Waals surface area contributed by atoms with Gasteiger partial charge in [0.15, 0.2) is 0 Å². The number of halogens is 1. The molecule has 0 bridgehead atoms. The molecule has 2 amide bonds. The van der Waals surface area contributed by atoms with Crippen molar-refractivity contribution >= 4 is 11.8 Å². The number of carbonyl (C=O) groups excluding carboxylic acids is 2. The smallest absolute Gasteiger partial charge is 0.242 e. The van der Waals surface area contributed by atoms with Gasteiger partial charge in [-0.25, -0.2) is 4.39 Å². The van der Waals surface area contributed by atoms with Gasteiger partial charge in [-0.1, -0.05) is 12.1 Å². The highest BCUT2D eigenvalue weighted by atomic mass is 19.1. The summed E-state index contributed by atoms with van der Waals surface area (Å²) in [6, 6.07) is 6.27. The molecule has 0 aliphatic carbocycles. The van der Waals surface area contributed by atoms with Crippen LogP contribution in [0.1, 0.15) is 12.5 Å². The van der Waals surface area contributed by atoms with E-state index in [0.29, 0.717) is 26.1 Å². The summed E-state index contributed by atoms with van der Waals surface area (Å²) in [4.78, 5) is 24.5. The highest BCUT2D eigenvalue weighted by Gasteiger charge is 2.24. The maximum absolute atomic E-state index is 12.9. The maximum Gasteiger partial charge on any atom is 0.242 e. The first-order chi connectivity index (χ1) is 10.0. The first-order valence-electron chi connectivity index (χ1n) is 6.93. The summed E-state index contributed by atoms with van der Waals surface area (Å²) in [6.07, 6.45) is 0.523. The number of rotatable bonds is 4. The Balaban J connectivity index is 1.86. The van der Waals surface area contributed by atoms with Crippen LogP contribution in [0.15, 0.2) is 24.3 Å². The molecule has 1 aliphatic heterocycles. The van der Waals surface area contributed by atoms with E-state index in [0.717, 1.165) is 5.56 Å². The zero-order chi connectivity index (χ0) is 15.2. The summed E-state index contributed by atoms with van der Waals surface area (Å²) in [5.41, 5.74) is 0.970. The summed E-state index contributed by atoms with van der Waals surface area (Å²) in [7, 11) is 0. The Morgan fingerprint density at radius 2 is 2.10 bits per heavy atom. The first-order valence-corrected chi connectivity index (χ1v) is 6.93. The molecule has 5 nitrogen and oxygen atoms in total. The molecule has 0 aromatic heterocycles. The van der Waals surface area contributed by atoms with Crippen molar-refractivity contribution in [3.8, 4) is 0 Å². The van der Waals surface area contributed by atoms with Crippen LogP contribution in [0.3, 0.4) is 0 Å². The van der Waals surface area contributed by atoms with Gasteiger partial charge in [0.25, 0.3) is 0 Å². The van der Waals surface area contributed by atoms with E-state index in [2.05, 4.69) is 5.32 Å². The highest BCUT2D eigenvalue weighted by Crippen LogP contribution is 2.12. The van der Waals surface area contributed by atoms with Gasteiger partial charge in [-0.15, -0.1) is 0 Å². The molecule has 1 unspecified atom stereocenters. The van der Waals surface area contributed by atoms with Crippen molar-refractivity contribution in [2.75, 3.05) is 26.2 Å². The number of benzene rings is 1. The van der Waals surface area contributed by atoms with E-state index in [1.54, 1.807) is 17.0 Å². The SMILES string of the molecule is CC(=O)NCC(=O)N1CCOC(Cc2ccc(F)cc2)C1. The summed E-state index contributed by atoms with van der Waals surface area (Å²) < 4.78 is 18.5. The maximum atomic E-state index is 12.9. The van der Waals surface area contributed by atoms with Crippen molar-refractivity contribution in [3.63, 3.8) is 0 Å². The second-order valence-corrected chi connectivity index (χ2v) is 5.07. The van der Waals surface area contributed by atoms with Crippen LogP contribution < -0.4 is 5.32 Å². The molecule has 1 aliphatic rings. The summed E-state index contributed by atoms with van der Waals surface area (Å²) in [5, 5.41) is 2.50. The van der Waals surface area contributed by atoms with E-state index >= 15 is 0 Å². The number of carbonyl (C=O) groups is 2. The molecule has 1 aromatic rings. The molecule has 6 heteroatoms. The lowest BCUT2D eigenvalue weighted by Crippen LogP contribution is -2.49. The lowest BCUT2D eigenvalue weighted by Gasteiger charge is -2.33. The predicted octanol–water partition coefficient (Wildman–Crippen LogP) is 0.732. The third kappa shape index (κ3) is 4.82. The molecule has 1 N–H and O–H groups in total. The van der Waals surface area contributed by atoms with Crippen LogP contribution in [0.2, 0.25) is 0 Å². The van der Waals surface area contributed by atoms with Crippen molar-refractivity contribution in [2.24, 2.45) is 0 Å². The lowest BCUT2D eigenvalue weighted by molar-refractivity contribution is -0.139. The van der Waals surface area contributed by atoms with E-state index in [1.165, 1.54) is 19.1 Å². The zero-order valence-corrected chi connectivity index (χ0v) is 12.0. The monoisotopic (exact) mass is 294 g/mol. The van der Waals surface area contributed by atoms with E-state index in [9.17, 15) is 14.0 Å². The number of amides is 2.